The lowest BCUT2D eigenvalue weighted by Crippen LogP contribution is -2.19. The average Bonchev–Trinajstić information content (AvgIpc) is 2.47. The number of H-pyrrole nitrogens is 1. The molecule has 0 aliphatic rings. The minimum atomic E-state index is -0.165. The Morgan fingerprint density at radius 3 is 2.82 bits per heavy atom. The van der Waals surface area contributed by atoms with Crippen LogP contribution in [0.5, 0.6) is 0 Å². The molecule has 0 amide bonds. The number of nitrogens with one attached hydrogen (secondary N) is 2. The van der Waals surface area contributed by atoms with E-state index in [1.54, 1.807) is 12.3 Å². The monoisotopic (exact) mass is 313 g/mol. The van der Waals surface area contributed by atoms with Crippen LogP contribution in [0.15, 0.2) is 47.4 Å². The quantitative estimate of drug-likeness (QED) is 0.766. The second-order valence-electron chi connectivity index (χ2n) is 5.37. The molecule has 2 aromatic heterocycles. The molecule has 0 saturated heterocycles. The predicted octanol–water partition coefficient (Wildman–Crippen LogP) is 4.06. The molecule has 112 valence electrons. The minimum Gasteiger partial charge on any atom is -0.363 e. The Bertz CT molecular complexity index is 888. The van der Waals surface area contributed by atoms with E-state index in [0.717, 1.165) is 22.3 Å². The van der Waals surface area contributed by atoms with Gasteiger partial charge in [0.05, 0.1) is 6.04 Å². The fourth-order valence-electron chi connectivity index (χ4n) is 2.43. The van der Waals surface area contributed by atoms with E-state index in [9.17, 15) is 4.79 Å². The number of halogens is 1. The van der Waals surface area contributed by atoms with Crippen LogP contribution < -0.4 is 10.9 Å². The zero-order valence-corrected chi connectivity index (χ0v) is 13.1. The Morgan fingerprint density at radius 1 is 1.23 bits per heavy atom. The van der Waals surface area contributed by atoms with Crippen molar-refractivity contribution in [1.29, 1.82) is 0 Å². The molecule has 0 radical (unpaired) electrons. The van der Waals surface area contributed by atoms with Crippen LogP contribution in [0.1, 0.15) is 24.1 Å². The van der Waals surface area contributed by atoms with Crippen molar-refractivity contribution in [3.05, 3.63) is 69.1 Å². The molecule has 2 N–H and O–H groups in total. The van der Waals surface area contributed by atoms with E-state index in [4.69, 9.17) is 11.6 Å². The Hall–Kier alpha value is -2.33. The zero-order chi connectivity index (χ0) is 15.7. The van der Waals surface area contributed by atoms with Crippen LogP contribution in [0, 0.1) is 6.92 Å². The smallest absolute Gasteiger partial charge is 0.253 e. The number of benzene rings is 1. The van der Waals surface area contributed by atoms with Gasteiger partial charge in [0.25, 0.3) is 5.56 Å². The summed E-state index contributed by atoms with van der Waals surface area (Å²) in [6.07, 6.45) is 1.74. The van der Waals surface area contributed by atoms with Gasteiger partial charge in [-0.3, -0.25) is 4.79 Å². The Morgan fingerprint density at radius 2 is 2.05 bits per heavy atom. The largest absolute Gasteiger partial charge is 0.363 e. The van der Waals surface area contributed by atoms with Crippen LogP contribution in [0.4, 0.5) is 5.82 Å². The summed E-state index contributed by atoms with van der Waals surface area (Å²) < 4.78 is 0. The topological polar surface area (TPSA) is 57.8 Å². The molecule has 1 aromatic carbocycles. The number of aromatic nitrogens is 2. The third-order valence-electron chi connectivity index (χ3n) is 3.58. The van der Waals surface area contributed by atoms with Crippen molar-refractivity contribution in [2.24, 2.45) is 0 Å². The molecule has 4 nitrogen and oxygen atoms in total. The number of aromatic amines is 1. The molecule has 0 spiro atoms. The fraction of sp³-hybridized carbons (Fsp3) is 0.176. The zero-order valence-electron chi connectivity index (χ0n) is 12.4. The Balaban J connectivity index is 1.98. The second kappa shape index (κ2) is 5.81. The van der Waals surface area contributed by atoms with E-state index in [1.165, 1.54) is 0 Å². The number of fused-ring (bicyclic) bond motifs is 1. The summed E-state index contributed by atoms with van der Waals surface area (Å²) in [5.74, 6) is 0.748. The lowest BCUT2D eigenvalue weighted by Gasteiger charge is -2.15. The standard InChI is InChI=1S/C17H16ClN3O/c1-10-5-6-19-16(7-10)20-11(2)14-9-12-8-13(18)3-4-15(12)21-17(14)22/h3-9,11H,1-2H3,(H,19,20)(H,21,22)/t11-/m0/s1. The molecule has 0 saturated carbocycles. The first-order chi connectivity index (χ1) is 10.5. The fourth-order valence-corrected chi connectivity index (χ4v) is 2.61. The third kappa shape index (κ3) is 2.97. The van der Waals surface area contributed by atoms with Gasteiger partial charge < -0.3 is 10.3 Å². The van der Waals surface area contributed by atoms with Gasteiger partial charge in [0, 0.05) is 27.7 Å². The molecule has 3 rings (SSSR count). The maximum absolute atomic E-state index is 12.3. The number of hydrogen-bond acceptors (Lipinski definition) is 3. The van der Waals surface area contributed by atoms with Crippen LogP contribution >= 0.6 is 11.6 Å². The predicted molar refractivity (Wildman–Crippen MR) is 90.6 cm³/mol. The highest BCUT2D eigenvalue weighted by Crippen LogP contribution is 2.21. The van der Waals surface area contributed by atoms with Gasteiger partial charge in [-0.25, -0.2) is 4.98 Å². The van der Waals surface area contributed by atoms with Crippen molar-refractivity contribution in [2.45, 2.75) is 19.9 Å². The molecule has 0 unspecified atom stereocenters. The molecule has 0 bridgehead atoms. The van der Waals surface area contributed by atoms with Gasteiger partial charge in [0.15, 0.2) is 0 Å². The summed E-state index contributed by atoms with van der Waals surface area (Å²) in [6.45, 7) is 3.94. The van der Waals surface area contributed by atoms with E-state index >= 15 is 0 Å². The van der Waals surface area contributed by atoms with Gasteiger partial charge in [-0.1, -0.05) is 11.6 Å². The van der Waals surface area contributed by atoms with Crippen molar-refractivity contribution in [3.63, 3.8) is 0 Å². The SMILES string of the molecule is Cc1ccnc(N[C@@H](C)c2cc3cc(Cl)ccc3[nH]c2=O)c1. The minimum absolute atomic E-state index is 0.109. The molecule has 1 atom stereocenters. The van der Waals surface area contributed by atoms with Crippen LogP contribution in [-0.4, -0.2) is 9.97 Å². The van der Waals surface area contributed by atoms with Crippen molar-refractivity contribution < 1.29 is 0 Å². The molecule has 22 heavy (non-hydrogen) atoms. The normalized spacial score (nSPS) is 12.3. The average molecular weight is 314 g/mol. The van der Waals surface area contributed by atoms with Crippen molar-refractivity contribution in [3.8, 4) is 0 Å². The van der Waals surface area contributed by atoms with E-state index < -0.39 is 0 Å². The Kier molecular flexibility index (Phi) is 3.86. The summed E-state index contributed by atoms with van der Waals surface area (Å²) in [7, 11) is 0. The van der Waals surface area contributed by atoms with Crippen LogP contribution in [0.25, 0.3) is 10.9 Å². The van der Waals surface area contributed by atoms with Crippen LogP contribution in [0.3, 0.4) is 0 Å². The van der Waals surface area contributed by atoms with Crippen molar-refractivity contribution in [2.75, 3.05) is 5.32 Å². The summed E-state index contributed by atoms with van der Waals surface area (Å²) in [6, 6.07) is 11.0. The number of pyridine rings is 2. The molecular formula is C17H16ClN3O. The second-order valence-corrected chi connectivity index (χ2v) is 5.81. The lowest BCUT2D eigenvalue weighted by molar-refractivity contribution is 0.857. The maximum Gasteiger partial charge on any atom is 0.253 e. The van der Waals surface area contributed by atoms with Gasteiger partial charge in [0.2, 0.25) is 0 Å². The van der Waals surface area contributed by atoms with Gasteiger partial charge >= 0.3 is 0 Å². The number of rotatable bonds is 3. The molecule has 5 heteroatoms. The lowest BCUT2D eigenvalue weighted by atomic mass is 10.1. The highest BCUT2D eigenvalue weighted by Gasteiger charge is 2.12. The molecule has 3 aromatic rings. The van der Waals surface area contributed by atoms with Gasteiger partial charge in [-0.15, -0.1) is 0 Å². The van der Waals surface area contributed by atoms with E-state index in [-0.39, 0.29) is 11.6 Å². The van der Waals surface area contributed by atoms with Gasteiger partial charge in [-0.05, 0) is 55.8 Å². The summed E-state index contributed by atoms with van der Waals surface area (Å²) in [5, 5.41) is 4.81. The maximum atomic E-state index is 12.3. The van der Waals surface area contributed by atoms with E-state index in [2.05, 4.69) is 15.3 Å². The first-order valence-corrected chi connectivity index (χ1v) is 7.42. The number of nitrogens with zero attached hydrogens (tertiary/aromatic N) is 1. The first-order valence-electron chi connectivity index (χ1n) is 7.04. The highest BCUT2D eigenvalue weighted by molar-refractivity contribution is 6.31. The molecular weight excluding hydrogens is 298 g/mol. The number of anilines is 1. The van der Waals surface area contributed by atoms with Crippen LogP contribution in [0.2, 0.25) is 5.02 Å². The van der Waals surface area contributed by atoms with E-state index in [0.29, 0.717) is 10.6 Å². The highest BCUT2D eigenvalue weighted by atomic mass is 35.5. The van der Waals surface area contributed by atoms with Crippen LogP contribution in [-0.2, 0) is 0 Å². The van der Waals surface area contributed by atoms with E-state index in [1.807, 2.05) is 44.2 Å². The molecule has 2 heterocycles. The number of aryl methyl sites for hydroxylation is 1. The summed E-state index contributed by atoms with van der Waals surface area (Å²) in [4.78, 5) is 19.4. The first kappa shape index (κ1) is 14.6. The molecule has 0 fully saturated rings. The summed E-state index contributed by atoms with van der Waals surface area (Å²) in [5.41, 5.74) is 2.43. The van der Waals surface area contributed by atoms with Crippen molar-refractivity contribution in [1.82, 2.24) is 9.97 Å². The number of hydrogen-bond donors (Lipinski definition) is 2. The molecule has 0 aliphatic heterocycles. The summed E-state index contributed by atoms with van der Waals surface area (Å²) >= 11 is 6.02. The van der Waals surface area contributed by atoms with Gasteiger partial charge in [0.1, 0.15) is 5.82 Å². The third-order valence-corrected chi connectivity index (χ3v) is 3.82. The Labute approximate surface area is 133 Å². The van der Waals surface area contributed by atoms with Gasteiger partial charge in [-0.2, -0.15) is 0 Å². The van der Waals surface area contributed by atoms with Crippen molar-refractivity contribution >= 4 is 28.3 Å². The molecule has 0 aliphatic carbocycles.